The lowest BCUT2D eigenvalue weighted by atomic mass is 9.74. The van der Waals surface area contributed by atoms with Gasteiger partial charge in [-0.15, -0.1) is 0 Å². The minimum Gasteiger partial charge on any atom is -0.391 e. The molecule has 2 heterocycles. The van der Waals surface area contributed by atoms with Gasteiger partial charge >= 0.3 is 0 Å². The zero-order valence-electron chi connectivity index (χ0n) is 18.4. The number of hydrogen-bond donors (Lipinski definition) is 2. The molecule has 166 valence electrons. The molecule has 0 radical (unpaired) electrons. The number of nitrogens with zero attached hydrogens (tertiary/aromatic N) is 3. The molecule has 2 fully saturated rings. The van der Waals surface area contributed by atoms with Gasteiger partial charge in [-0.25, -0.2) is 0 Å². The number of hydrogen-bond acceptors (Lipinski definition) is 5. The molecule has 1 saturated heterocycles. The maximum absolute atomic E-state index is 12.7. The molecule has 6 nitrogen and oxygen atoms in total. The molecule has 0 bridgehead atoms. The first-order valence-corrected chi connectivity index (χ1v) is 11.4. The lowest BCUT2D eigenvalue weighted by Gasteiger charge is -2.39. The van der Waals surface area contributed by atoms with Crippen LogP contribution in [0, 0.1) is 0 Å². The van der Waals surface area contributed by atoms with Crippen LogP contribution in [0.5, 0.6) is 0 Å². The first-order chi connectivity index (χ1) is 15.1. The van der Waals surface area contributed by atoms with Crippen molar-refractivity contribution in [2.24, 2.45) is 0 Å². The summed E-state index contributed by atoms with van der Waals surface area (Å²) in [6.45, 7) is 4.66. The van der Waals surface area contributed by atoms with Gasteiger partial charge in [-0.3, -0.25) is 14.7 Å². The Kier molecular flexibility index (Phi) is 7.00. The second-order valence-corrected chi connectivity index (χ2v) is 9.10. The van der Waals surface area contributed by atoms with E-state index in [2.05, 4.69) is 51.4 Å². The molecule has 2 aromatic rings. The van der Waals surface area contributed by atoms with Crippen LogP contribution in [0.2, 0.25) is 0 Å². The minimum absolute atomic E-state index is 0.142. The number of piperazine rings is 1. The summed E-state index contributed by atoms with van der Waals surface area (Å²) in [7, 11) is 2.16. The van der Waals surface area contributed by atoms with Crippen LogP contribution >= 0.6 is 0 Å². The molecule has 31 heavy (non-hydrogen) atoms. The number of pyridine rings is 1. The number of likely N-dealkylation sites (N-methyl/N-ethyl adjacent to an activating group) is 1. The summed E-state index contributed by atoms with van der Waals surface area (Å²) in [5.74, 6) is -0.142. The normalized spacial score (nSPS) is 28.1. The summed E-state index contributed by atoms with van der Waals surface area (Å²) >= 11 is 0. The van der Waals surface area contributed by atoms with E-state index in [1.54, 1.807) is 12.3 Å². The van der Waals surface area contributed by atoms with Crippen LogP contribution < -0.4 is 5.32 Å². The van der Waals surface area contributed by atoms with E-state index in [0.717, 1.165) is 51.9 Å². The highest BCUT2D eigenvalue weighted by molar-refractivity contribution is 5.92. The third kappa shape index (κ3) is 5.14. The highest BCUT2D eigenvalue weighted by atomic mass is 16.3. The first-order valence-electron chi connectivity index (χ1n) is 11.4. The molecule has 1 saturated carbocycles. The van der Waals surface area contributed by atoms with E-state index in [0.29, 0.717) is 12.2 Å². The minimum atomic E-state index is -0.333. The number of aliphatic hydroxyl groups is 1. The molecule has 3 atom stereocenters. The summed E-state index contributed by atoms with van der Waals surface area (Å²) in [4.78, 5) is 21.7. The summed E-state index contributed by atoms with van der Waals surface area (Å²) in [5, 5.41) is 14.2. The average molecular weight is 423 g/mol. The van der Waals surface area contributed by atoms with Gasteiger partial charge in [-0.2, -0.15) is 0 Å². The molecule has 6 heteroatoms. The molecule has 1 amide bonds. The first kappa shape index (κ1) is 21.9. The van der Waals surface area contributed by atoms with E-state index < -0.39 is 0 Å². The Hall–Kier alpha value is -2.28. The van der Waals surface area contributed by atoms with Gasteiger partial charge in [0.25, 0.3) is 5.91 Å². The van der Waals surface area contributed by atoms with Gasteiger partial charge in [-0.05, 0) is 50.4 Å². The summed E-state index contributed by atoms with van der Waals surface area (Å²) < 4.78 is 0. The quantitative estimate of drug-likeness (QED) is 0.724. The van der Waals surface area contributed by atoms with Crippen LogP contribution in [-0.4, -0.2) is 77.7 Å². The molecule has 4 rings (SSSR count). The Balaban J connectivity index is 1.52. The number of aromatic nitrogens is 1. The number of aliphatic hydroxyl groups excluding tert-OH is 1. The molecule has 2 aliphatic rings. The molecule has 2 N–H and O–H groups in total. The Labute approximate surface area is 185 Å². The fourth-order valence-electron chi connectivity index (χ4n) is 5.13. The fraction of sp³-hybridized carbons (Fsp3) is 0.520. The Morgan fingerprint density at radius 1 is 1.06 bits per heavy atom. The maximum atomic E-state index is 12.7. The Morgan fingerprint density at radius 3 is 2.48 bits per heavy atom. The van der Waals surface area contributed by atoms with Crippen LogP contribution in [0.15, 0.2) is 54.7 Å². The zero-order valence-corrected chi connectivity index (χ0v) is 18.4. The summed E-state index contributed by atoms with van der Waals surface area (Å²) in [6.07, 6.45) is 4.77. The molecule has 1 aliphatic carbocycles. The predicted octanol–water partition coefficient (Wildman–Crippen LogP) is 2.30. The van der Waals surface area contributed by atoms with E-state index in [9.17, 15) is 9.90 Å². The highest BCUT2D eigenvalue weighted by Crippen LogP contribution is 2.39. The fourth-order valence-corrected chi connectivity index (χ4v) is 5.13. The summed E-state index contributed by atoms with van der Waals surface area (Å²) in [5.41, 5.74) is 1.49. The number of amides is 1. The van der Waals surface area contributed by atoms with Crippen LogP contribution in [0.25, 0.3) is 0 Å². The van der Waals surface area contributed by atoms with Gasteiger partial charge < -0.3 is 15.3 Å². The van der Waals surface area contributed by atoms with E-state index in [4.69, 9.17) is 0 Å². The van der Waals surface area contributed by atoms with Gasteiger partial charge in [-0.1, -0.05) is 36.4 Å². The number of nitrogens with one attached hydrogen (secondary N) is 1. The second kappa shape index (κ2) is 9.90. The number of carbonyl (C=O) groups excluding carboxylic acids is 1. The third-order valence-corrected chi connectivity index (χ3v) is 7.16. The second-order valence-electron chi connectivity index (χ2n) is 9.10. The van der Waals surface area contributed by atoms with Crippen molar-refractivity contribution < 1.29 is 9.90 Å². The predicted molar refractivity (Wildman–Crippen MR) is 122 cm³/mol. The SMILES string of the molecule is CN1CCN([C@H]2CC[C@](CNC(=O)c3ccccn3)(c3ccccc3)CC[C@@H]2O)CC1. The number of rotatable bonds is 5. The van der Waals surface area contributed by atoms with E-state index in [1.807, 2.05) is 18.2 Å². The largest absolute Gasteiger partial charge is 0.391 e. The lowest BCUT2D eigenvalue weighted by molar-refractivity contribution is 0.0200. The van der Waals surface area contributed by atoms with Crippen LogP contribution in [0.1, 0.15) is 41.7 Å². The van der Waals surface area contributed by atoms with Crippen molar-refractivity contribution in [2.45, 2.75) is 43.2 Å². The van der Waals surface area contributed by atoms with Crippen LogP contribution in [-0.2, 0) is 5.41 Å². The molecule has 0 unspecified atom stereocenters. The van der Waals surface area contributed by atoms with Crippen molar-refractivity contribution in [1.82, 2.24) is 20.1 Å². The maximum Gasteiger partial charge on any atom is 0.269 e. The molecule has 1 aromatic heterocycles. The van der Waals surface area contributed by atoms with E-state index in [1.165, 1.54) is 5.56 Å². The highest BCUT2D eigenvalue weighted by Gasteiger charge is 2.40. The van der Waals surface area contributed by atoms with Crippen molar-refractivity contribution in [3.63, 3.8) is 0 Å². The number of carbonyl (C=O) groups is 1. The van der Waals surface area contributed by atoms with Crippen molar-refractivity contribution in [3.05, 3.63) is 66.0 Å². The zero-order chi connectivity index (χ0) is 21.7. The molecule has 1 aromatic carbocycles. The Bertz CT molecular complexity index is 839. The van der Waals surface area contributed by atoms with Crippen molar-refractivity contribution >= 4 is 5.91 Å². The average Bonchev–Trinajstić information content (AvgIpc) is 2.99. The molecule has 0 spiro atoms. The van der Waals surface area contributed by atoms with Crippen molar-refractivity contribution in [1.29, 1.82) is 0 Å². The van der Waals surface area contributed by atoms with Crippen LogP contribution in [0.3, 0.4) is 0 Å². The third-order valence-electron chi connectivity index (χ3n) is 7.16. The van der Waals surface area contributed by atoms with Crippen molar-refractivity contribution in [2.75, 3.05) is 39.8 Å². The number of benzene rings is 1. The van der Waals surface area contributed by atoms with E-state index >= 15 is 0 Å². The smallest absolute Gasteiger partial charge is 0.269 e. The van der Waals surface area contributed by atoms with Crippen LogP contribution in [0.4, 0.5) is 0 Å². The Morgan fingerprint density at radius 2 is 1.77 bits per heavy atom. The van der Waals surface area contributed by atoms with Crippen molar-refractivity contribution in [3.8, 4) is 0 Å². The van der Waals surface area contributed by atoms with Gasteiger partial charge in [0.2, 0.25) is 0 Å². The van der Waals surface area contributed by atoms with Gasteiger partial charge in [0.05, 0.1) is 6.10 Å². The molecule has 1 aliphatic heterocycles. The molecular formula is C25H34N4O2. The van der Waals surface area contributed by atoms with Gasteiger partial charge in [0.1, 0.15) is 5.69 Å². The lowest BCUT2D eigenvalue weighted by Crippen LogP contribution is -2.52. The summed E-state index contributed by atoms with van der Waals surface area (Å²) in [6, 6.07) is 16.1. The van der Waals surface area contributed by atoms with Gasteiger partial charge in [0, 0.05) is 50.4 Å². The van der Waals surface area contributed by atoms with Gasteiger partial charge in [0.15, 0.2) is 0 Å². The molecular weight excluding hydrogens is 388 g/mol. The standard InChI is InChI=1S/C25H34N4O2/c1-28-15-17-29(18-16-28)22-10-12-25(13-11-23(22)30,20-7-3-2-4-8-20)19-27-24(31)21-9-5-6-14-26-21/h2-9,14,22-23,30H,10-13,15-19H2,1H3,(H,27,31)/t22-,23-,25-/m0/s1. The topological polar surface area (TPSA) is 68.7 Å². The van der Waals surface area contributed by atoms with E-state index in [-0.39, 0.29) is 23.5 Å². The monoisotopic (exact) mass is 422 g/mol.